The van der Waals surface area contributed by atoms with Crippen molar-refractivity contribution in [3.63, 3.8) is 0 Å². The maximum absolute atomic E-state index is 6.27. The monoisotopic (exact) mass is 368 g/mol. The molecule has 1 aromatic heterocycles. The van der Waals surface area contributed by atoms with Gasteiger partial charge < -0.3 is 14.6 Å². The lowest BCUT2D eigenvalue weighted by molar-refractivity contribution is -0.913. The summed E-state index contributed by atoms with van der Waals surface area (Å²) >= 11 is 12.4. The highest BCUT2D eigenvalue weighted by molar-refractivity contribution is 6.43. The minimum Gasteiger partial charge on any atom is -0.455 e. The average molecular weight is 369 g/mol. The second kappa shape index (κ2) is 8.39. The SMILES string of the molecule is CCC[NH+]1CCC([NH2+]Cc2ccc(-c3cccc(Cl)c3Cl)o2)CC1. The maximum Gasteiger partial charge on any atom is 0.158 e. The average Bonchev–Trinajstić information content (AvgIpc) is 3.06. The van der Waals surface area contributed by atoms with Gasteiger partial charge >= 0.3 is 0 Å². The van der Waals surface area contributed by atoms with Gasteiger partial charge in [-0.15, -0.1) is 0 Å². The van der Waals surface area contributed by atoms with Crippen LogP contribution in [0.5, 0.6) is 0 Å². The summed E-state index contributed by atoms with van der Waals surface area (Å²) in [6, 6.07) is 10.4. The molecule has 3 N–H and O–H groups in total. The minimum absolute atomic E-state index is 0.551. The minimum atomic E-state index is 0.551. The molecule has 1 aliphatic heterocycles. The van der Waals surface area contributed by atoms with Crippen molar-refractivity contribution in [2.45, 2.75) is 38.8 Å². The Hall–Kier alpha value is -1.000. The van der Waals surface area contributed by atoms with E-state index in [0.717, 1.165) is 23.6 Å². The molecule has 0 saturated carbocycles. The molecule has 5 heteroatoms. The molecule has 0 amide bonds. The van der Waals surface area contributed by atoms with Crippen LogP contribution < -0.4 is 10.2 Å². The fraction of sp³-hybridized carbons (Fsp3) is 0.474. The molecule has 1 aliphatic rings. The van der Waals surface area contributed by atoms with Gasteiger partial charge in [0.1, 0.15) is 12.3 Å². The molecule has 0 bridgehead atoms. The van der Waals surface area contributed by atoms with E-state index in [0.29, 0.717) is 16.1 Å². The molecule has 0 atom stereocenters. The molecule has 3 rings (SSSR count). The largest absolute Gasteiger partial charge is 0.455 e. The van der Waals surface area contributed by atoms with Gasteiger partial charge in [-0.1, -0.05) is 36.2 Å². The molecule has 2 heterocycles. The molecule has 0 aliphatic carbocycles. The molecule has 3 nitrogen and oxygen atoms in total. The number of benzene rings is 1. The van der Waals surface area contributed by atoms with Gasteiger partial charge in [0.05, 0.1) is 35.7 Å². The van der Waals surface area contributed by atoms with Gasteiger partial charge in [-0.05, 0) is 30.7 Å². The Morgan fingerprint density at radius 1 is 1.17 bits per heavy atom. The number of nitrogens with one attached hydrogen (secondary N) is 1. The molecular weight excluding hydrogens is 343 g/mol. The van der Waals surface area contributed by atoms with E-state index in [1.165, 1.54) is 38.9 Å². The first-order valence-corrected chi connectivity index (χ1v) is 9.63. The smallest absolute Gasteiger partial charge is 0.158 e. The third kappa shape index (κ3) is 4.34. The molecule has 0 spiro atoms. The highest BCUT2D eigenvalue weighted by Gasteiger charge is 2.24. The van der Waals surface area contributed by atoms with Crippen LogP contribution in [0, 0.1) is 0 Å². The Labute approximate surface area is 153 Å². The Balaban J connectivity index is 1.54. The van der Waals surface area contributed by atoms with Gasteiger partial charge in [0, 0.05) is 18.4 Å². The van der Waals surface area contributed by atoms with Crippen LogP contribution in [0.15, 0.2) is 34.7 Å². The molecule has 1 saturated heterocycles. The summed E-state index contributed by atoms with van der Waals surface area (Å²) < 4.78 is 5.98. The van der Waals surface area contributed by atoms with Crippen LogP contribution in [0.4, 0.5) is 0 Å². The molecule has 1 aromatic carbocycles. The highest BCUT2D eigenvalue weighted by atomic mass is 35.5. The Bertz CT molecular complexity index is 663. The number of nitrogens with two attached hydrogens (primary N) is 1. The first kappa shape index (κ1) is 17.8. The summed E-state index contributed by atoms with van der Waals surface area (Å²) in [5.41, 5.74) is 0.854. The number of likely N-dealkylation sites (tertiary alicyclic amines) is 1. The van der Waals surface area contributed by atoms with E-state index >= 15 is 0 Å². The van der Waals surface area contributed by atoms with Crippen molar-refractivity contribution < 1.29 is 14.6 Å². The Morgan fingerprint density at radius 2 is 1.96 bits per heavy atom. The predicted octanol–water partition coefficient (Wildman–Crippen LogP) is 2.77. The van der Waals surface area contributed by atoms with Crippen molar-refractivity contribution in [1.29, 1.82) is 0 Å². The van der Waals surface area contributed by atoms with E-state index in [9.17, 15) is 0 Å². The zero-order valence-corrected chi connectivity index (χ0v) is 15.7. The fourth-order valence-corrected chi connectivity index (χ4v) is 3.89. The first-order valence-electron chi connectivity index (χ1n) is 8.87. The van der Waals surface area contributed by atoms with Crippen molar-refractivity contribution in [1.82, 2.24) is 0 Å². The number of hydrogen-bond donors (Lipinski definition) is 2. The molecule has 0 unspecified atom stereocenters. The maximum atomic E-state index is 6.27. The van der Waals surface area contributed by atoms with Crippen LogP contribution in [-0.4, -0.2) is 25.7 Å². The predicted molar refractivity (Wildman–Crippen MR) is 98.7 cm³/mol. The third-order valence-corrected chi connectivity index (χ3v) is 5.69. The van der Waals surface area contributed by atoms with E-state index in [1.807, 2.05) is 24.3 Å². The molecule has 0 radical (unpaired) electrons. The summed E-state index contributed by atoms with van der Waals surface area (Å²) in [5.74, 6) is 1.78. The summed E-state index contributed by atoms with van der Waals surface area (Å²) in [4.78, 5) is 1.76. The molecule has 1 fully saturated rings. The van der Waals surface area contributed by atoms with Crippen molar-refractivity contribution in [2.24, 2.45) is 0 Å². The van der Waals surface area contributed by atoms with E-state index in [4.69, 9.17) is 27.6 Å². The number of halogens is 2. The molecular formula is C19H26Cl2N2O+2. The Kier molecular flexibility index (Phi) is 6.23. The second-order valence-corrected chi connectivity index (χ2v) is 7.43. The fourth-order valence-electron chi connectivity index (χ4n) is 3.50. The number of hydrogen-bond acceptors (Lipinski definition) is 1. The number of piperidine rings is 1. The van der Waals surface area contributed by atoms with E-state index in [-0.39, 0.29) is 0 Å². The molecule has 24 heavy (non-hydrogen) atoms. The van der Waals surface area contributed by atoms with Crippen molar-refractivity contribution >= 4 is 23.2 Å². The lowest BCUT2D eigenvalue weighted by Gasteiger charge is -2.27. The van der Waals surface area contributed by atoms with Crippen LogP contribution in [0.25, 0.3) is 11.3 Å². The van der Waals surface area contributed by atoms with Gasteiger partial charge in [-0.2, -0.15) is 0 Å². The van der Waals surface area contributed by atoms with Gasteiger partial charge in [0.15, 0.2) is 5.76 Å². The molecule has 2 aromatic rings. The Morgan fingerprint density at radius 3 is 2.71 bits per heavy atom. The third-order valence-electron chi connectivity index (χ3n) is 4.87. The summed E-state index contributed by atoms with van der Waals surface area (Å²) in [6.45, 7) is 7.07. The van der Waals surface area contributed by atoms with Gasteiger partial charge in [0.25, 0.3) is 0 Å². The van der Waals surface area contributed by atoms with Crippen molar-refractivity contribution in [3.8, 4) is 11.3 Å². The number of rotatable bonds is 6. The summed E-state index contributed by atoms with van der Waals surface area (Å²) in [6.07, 6.45) is 3.87. The van der Waals surface area contributed by atoms with Crippen LogP contribution in [0.2, 0.25) is 10.0 Å². The zero-order valence-electron chi connectivity index (χ0n) is 14.2. The highest BCUT2D eigenvalue weighted by Crippen LogP contribution is 2.34. The van der Waals surface area contributed by atoms with Crippen LogP contribution in [-0.2, 0) is 6.54 Å². The lowest BCUT2D eigenvalue weighted by atomic mass is 10.0. The van der Waals surface area contributed by atoms with E-state index in [1.54, 1.807) is 11.0 Å². The zero-order chi connectivity index (χ0) is 16.9. The van der Waals surface area contributed by atoms with Gasteiger partial charge in [-0.3, -0.25) is 0 Å². The normalized spacial score (nSPS) is 21.1. The van der Waals surface area contributed by atoms with Crippen molar-refractivity contribution in [3.05, 3.63) is 46.1 Å². The van der Waals surface area contributed by atoms with E-state index in [2.05, 4.69) is 12.2 Å². The quantitative estimate of drug-likeness (QED) is 0.807. The second-order valence-electron chi connectivity index (χ2n) is 6.64. The van der Waals surface area contributed by atoms with Gasteiger partial charge in [-0.25, -0.2) is 0 Å². The van der Waals surface area contributed by atoms with E-state index < -0.39 is 0 Å². The number of furan rings is 1. The van der Waals surface area contributed by atoms with Crippen LogP contribution in [0.1, 0.15) is 31.9 Å². The van der Waals surface area contributed by atoms with Crippen LogP contribution in [0.3, 0.4) is 0 Å². The summed E-state index contributed by atoms with van der Waals surface area (Å²) in [7, 11) is 0. The molecule has 130 valence electrons. The first-order chi connectivity index (χ1) is 11.7. The van der Waals surface area contributed by atoms with Crippen LogP contribution >= 0.6 is 23.2 Å². The standard InChI is InChI=1S/C19H24Cl2N2O/c1-2-10-23-11-8-14(9-12-23)22-13-15-6-7-18(24-15)16-4-3-5-17(20)19(16)21/h3-7,14,22H,2,8-13H2,1H3/p+2. The lowest BCUT2D eigenvalue weighted by Crippen LogP contribution is -3.14. The topological polar surface area (TPSA) is 34.2 Å². The van der Waals surface area contributed by atoms with Crippen molar-refractivity contribution in [2.75, 3.05) is 19.6 Å². The summed E-state index contributed by atoms with van der Waals surface area (Å²) in [5, 5.41) is 3.53. The van der Waals surface area contributed by atoms with Gasteiger partial charge in [0.2, 0.25) is 0 Å². The number of quaternary nitrogens is 2.